The van der Waals surface area contributed by atoms with Crippen molar-refractivity contribution in [3.8, 4) is 0 Å². The van der Waals surface area contributed by atoms with Gasteiger partial charge >= 0.3 is 0 Å². The molecule has 0 fully saturated rings. The van der Waals surface area contributed by atoms with Crippen LogP contribution in [0.15, 0.2) is 66.7 Å². The van der Waals surface area contributed by atoms with Gasteiger partial charge in [-0.05, 0) is 31.4 Å². The molecule has 0 saturated heterocycles. The lowest BCUT2D eigenvalue weighted by Gasteiger charge is -2.14. The highest BCUT2D eigenvalue weighted by molar-refractivity contribution is 5.93. The molecule has 138 valence electrons. The highest BCUT2D eigenvalue weighted by Crippen LogP contribution is 2.13. The summed E-state index contributed by atoms with van der Waals surface area (Å²) in [5, 5.41) is 6.27. The summed E-state index contributed by atoms with van der Waals surface area (Å²) in [5.41, 5.74) is 2.68. The van der Waals surface area contributed by atoms with Crippen LogP contribution in [0.5, 0.6) is 0 Å². The molecule has 1 heterocycles. The van der Waals surface area contributed by atoms with Crippen molar-refractivity contribution in [2.24, 2.45) is 0 Å². The van der Waals surface area contributed by atoms with Crippen LogP contribution in [-0.4, -0.2) is 22.4 Å². The number of aromatic nitrogens is 2. The van der Waals surface area contributed by atoms with Crippen LogP contribution in [0, 0.1) is 6.92 Å². The van der Waals surface area contributed by atoms with Crippen molar-refractivity contribution in [3.63, 3.8) is 0 Å². The number of benzene rings is 2. The number of anilines is 1. The van der Waals surface area contributed by atoms with Crippen molar-refractivity contribution >= 4 is 11.7 Å². The Bertz CT molecular complexity index is 881. The minimum absolute atomic E-state index is 0.0940. The third-order valence-corrected chi connectivity index (χ3v) is 4.28. The number of carbonyl (C=O) groups is 1. The smallest absolute Gasteiger partial charge is 0.270 e. The van der Waals surface area contributed by atoms with Crippen LogP contribution >= 0.6 is 0 Å². The first-order chi connectivity index (χ1) is 13.1. The second-order valence-electron chi connectivity index (χ2n) is 6.45. The van der Waals surface area contributed by atoms with E-state index < -0.39 is 0 Å². The average molecular weight is 360 g/mol. The van der Waals surface area contributed by atoms with E-state index in [1.807, 2.05) is 55.5 Å². The van der Waals surface area contributed by atoms with Crippen LogP contribution in [0.4, 0.5) is 5.82 Å². The number of hydrogen-bond donors (Lipinski definition) is 2. The van der Waals surface area contributed by atoms with E-state index in [4.69, 9.17) is 0 Å². The van der Waals surface area contributed by atoms with Gasteiger partial charge in [-0.25, -0.2) is 9.97 Å². The monoisotopic (exact) mass is 360 g/mol. The summed E-state index contributed by atoms with van der Waals surface area (Å²) in [6.07, 6.45) is 0.885. The molecule has 27 heavy (non-hydrogen) atoms. The Hall–Kier alpha value is -3.21. The number of amides is 1. The van der Waals surface area contributed by atoms with Gasteiger partial charge in [0.1, 0.15) is 17.3 Å². The Morgan fingerprint density at radius 2 is 1.67 bits per heavy atom. The molecule has 2 N–H and O–H groups in total. The largest absolute Gasteiger partial charge is 0.370 e. The summed E-state index contributed by atoms with van der Waals surface area (Å²) in [4.78, 5) is 21.3. The Balaban J connectivity index is 1.62. The summed E-state index contributed by atoms with van der Waals surface area (Å²) in [6.45, 7) is 4.49. The summed E-state index contributed by atoms with van der Waals surface area (Å²) in [6, 6.07) is 21.7. The van der Waals surface area contributed by atoms with E-state index in [1.165, 1.54) is 5.56 Å². The number of aryl methyl sites for hydroxylation is 1. The third-order valence-electron chi connectivity index (χ3n) is 4.28. The second-order valence-corrected chi connectivity index (χ2v) is 6.45. The summed E-state index contributed by atoms with van der Waals surface area (Å²) in [5.74, 6) is 1.02. The van der Waals surface area contributed by atoms with Crippen molar-refractivity contribution in [1.29, 1.82) is 0 Å². The maximum atomic E-state index is 12.6. The van der Waals surface area contributed by atoms with E-state index in [0.717, 1.165) is 18.5 Å². The predicted octanol–water partition coefficient (Wildman–Crippen LogP) is 3.93. The van der Waals surface area contributed by atoms with Crippen LogP contribution < -0.4 is 10.6 Å². The lowest BCUT2D eigenvalue weighted by atomic mass is 10.1. The zero-order chi connectivity index (χ0) is 19.1. The maximum Gasteiger partial charge on any atom is 0.270 e. The minimum atomic E-state index is -0.206. The Kier molecular flexibility index (Phi) is 6.15. The van der Waals surface area contributed by atoms with Gasteiger partial charge in [0.25, 0.3) is 5.91 Å². The second kappa shape index (κ2) is 8.94. The van der Waals surface area contributed by atoms with Gasteiger partial charge in [-0.3, -0.25) is 4.79 Å². The van der Waals surface area contributed by atoms with E-state index in [-0.39, 0.29) is 11.9 Å². The van der Waals surface area contributed by atoms with Crippen molar-refractivity contribution in [1.82, 2.24) is 15.3 Å². The summed E-state index contributed by atoms with van der Waals surface area (Å²) >= 11 is 0. The van der Waals surface area contributed by atoms with Gasteiger partial charge in [0.15, 0.2) is 0 Å². The molecule has 0 saturated carbocycles. The quantitative estimate of drug-likeness (QED) is 0.670. The van der Waals surface area contributed by atoms with E-state index >= 15 is 0 Å². The molecule has 0 spiro atoms. The Morgan fingerprint density at radius 3 is 2.37 bits per heavy atom. The number of hydrogen-bond acceptors (Lipinski definition) is 4. The molecule has 1 unspecified atom stereocenters. The highest BCUT2D eigenvalue weighted by Gasteiger charge is 2.14. The van der Waals surface area contributed by atoms with Gasteiger partial charge in [-0.2, -0.15) is 0 Å². The van der Waals surface area contributed by atoms with Crippen molar-refractivity contribution in [2.45, 2.75) is 26.3 Å². The van der Waals surface area contributed by atoms with Gasteiger partial charge in [0.2, 0.25) is 0 Å². The molecule has 3 aromatic rings. The van der Waals surface area contributed by atoms with Gasteiger partial charge < -0.3 is 10.6 Å². The molecule has 0 radical (unpaired) electrons. The molecular weight excluding hydrogens is 336 g/mol. The van der Waals surface area contributed by atoms with Crippen LogP contribution in [0.25, 0.3) is 0 Å². The van der Waals surface area contributed by atoms with Gasteiger partial charge in [-0.1, -0.05) is 60.7 Å². The topological polar surface area (TPSA) is 66.9 Å². The molecule has 0 aliphatic carbocycles. The SMILES string of the molecule is Cc1nc(NCCc2ccccc2)cc(C(=O)NC(C)c2ccccc2)n1. The predicted molar refractivity (Wildman–Crippen MR) is 108 cm³/mol. The van der Waals surface area contributed by atoms with Gasteiger partial charge in [0.05, 0.1) is 6.04 Å². The first kappa shape index (κ1) is 18.6. The molecule has 2 aromatic carbocycles. The number of rotatable bonds is 7. The molecule has 1 aromatic heterocycles. The molecular formula is C22H24N4O. The fourth-order valence-electron chi connectivity index (χ4n) is 2.85. The number of nitrogens with zero attached hydrogens (tertiary/aromatic N) is 2. The van der Waals surface area contributed by atoms with E-state index in [1.54, 1.807) is 13.0 Å². The van der Waals surface area contributed by atoms with E-state index in [9.17, 15) is 4.79 Å². The van der Waals surface area contributed by atoms with Crippen LogP contribution in [-0.2, 0) is 6.42 Å². The van der Waals surface area contributed by atoms with Gasteiger partial charge in [-0.15, -0.1) is 0 Å². The molecule has 5 heteroatoms. The first-order valence-corrected chi connectivity index (χ1v) is 9.11. The molecule has 3 rings (SSSR count). The van der Waals surface area contributed by atoms with Gasteiger partial charge in [0, 0.05) is 12.6 Å². The lowest BCUT2D eigenvalue weighted by Crippen LogP contribution is -2.28. The summed E-state index contributed by atoms with van der Waals surface area (Å²) in [7, 11) is 0. The summed E-state index contributed by atoms with van der Waals surface area (Å²) < 4.78 is 0. The highest BCUT2D eigenvalue weighted by atomic mass is 16.1. The van der Waals surface area contributed by atoms with E-state index in [2.05, 4.69) is 32.7 Å². The normalized spacial score (nSPS) is 11.6. The molecule has 0 aliphatic rings. The molecule has 1 amide bonds. The number of nitrogens with one attached hydrogen (secondary N) is 2. The molecule has 0 bridgehead atoms. The van der Waals surface area contributed by atoms with Crippen LogP contribution in [0.2, 0.25) is 0 Å². The Morgan fingerprint density at radius 1 is 1.00 bits per heavy atom. The Labute approximate surface area is 159 Å². The fourth-order valence-corrected chi connectivity index (χ4v) is 2.85. The first-order valence-electron chi connectivity index (χ1n) is 9.11. The fraction of sp³-hybridized carbons (Fsp3) is 0.227. The molecule has 5 nitrogen and oxygen atoms in total. The standard InChI is InChI=1S/C22H24N4O/c1-16(19-11-7-4-8-12-19)24-22(27)20-15-21(26-17(2)25-20)23-14-13-18-9-5-3-6-10-18/h3-12,15-16H,13-14H2,1-2H3,(H,24,27)(H,23,25,26). The van der Waals surface area contributed by atoms with Crippen LogP contribution in [0.3, 0.4) is 0 Å². The van der Waals surface area contributed by atoms with Crippen molar-refractivity contribution in [2.75, 3.05) is 11.9 Å². The molecule has 0 aliphatic heterocycles. The minimum Gasteiger partial charge on any atom is -0.370 e. The van der Waals surface area contributed by atoms with Crippen molar-refractivity contribution < 1.29 is 4.79 Å². The number of carbonyl (C=O) groups excluding carboxylic acids is 1. The zero-order valence-electron chi connectivity index (χ0n) is 15.6. The zero-order valence-corrected chi connectivity index (χ0v) is 15.6. The molecule has 1 atom stereocenters. The maximum absolute atomic E-state index is 12.6. The average Bonchev–Trinajstić information content (AvgIpc) is 2.69. The lowest BCUT2D eigenvalue weighted by molar-refractivity contribution is 0.0934. The van der Waals surface area contributed by atoms with Crippen molar-refractivity contribution in [3.05, 3.63) is 89.4 Å². The van der Waals surface area contributed by atoms with E-state index in [0.29, 0.717) is 17.3 Å². The third kappa shape index (κ3) is 5.38. The van der Waals surface area contributed by atoms with Crippen LogP contribution in [0.1, 0.15) is 40.4 Å².